The summed E-state index contributed by atoms with van der Waals surface area (Å²) in [6.45, 7) is 3.96. The maximum Gasteiger partial charge on any atom is 0.128 e. The molecule has 1 heterocycles. The molecule has 2 unspecified atom stereocenters. The van der Waals surface area contributed by atoms with Crippen molar-refractivity contribution in [1.29, 1.82) is 0 Å². The van der Waals surface area contributed by atoms with E-state index in [-0.39, 0.29) is 0 Å². The molecule has 0 aromatic heterocycles. The summed E-state index contributed by atoms with van der Waals surface area (Å²) < 4.78 is 10.6. The number of methoxy groups -OCH3 is 2. The van der Waals surface area contributed by atoms with Crippen LogP contribution in [0.25, 0.3) is 0 Å². The Kier molecular flexibility index (Phi) is 5.26. The molecule has 0 aliphatic carbocycles. The standard InChI is InChI=1S/C16H25NO3/c1-4-12-6-5-9-17(12)11-15(18)14-8-7-13(19-2)10-16(14)20-3/h7-8,10,12,15,18H,4-6,9,11H2,1-3H3. The molecule has 2 rings (SSSR count). The summed E-state index contributed by atoms with van der Waals surface area (Å²) in [4.78, 5) is 2.38. The van der Waals surface area contributed by atoms with Crippen LogP contribution in [0.4, 0.5) is 0 Å². The van der Waals surface area contributed by atoms with E-state index < -0.39 is 6.10 Å². The van der Waals surface area contributed by atoms with Crippen molar-refractivity contribution in [3.63, 3.8) is 0 Å². The largest absolute Gasteiger partial charge is 0.497 e. The Bertz CT molecular complexity index is 436. The number of aliphatic hydroxyl groups is 1. The fraction of sp³-hybridized carbons (Fsp3) is 0.625. The zero-order valence-corrected chi connectivity index (χ0v) is 12.6. The zero-order chi connectivity index (χ0) is 14.5. The van der Waals surface area contributed by atoms with Crippen molar-refractivity contribution in [2.45, 2.75) is 38.3 Å². The van der Waals surface area contributed by atoms with Crippen LogP contribution in [0.5, 0.6) is 11.5 Å². The van der Waals surface area contributed by atoms with E-state index in [1.807, 2.05) is 18.2 Å². The Hall–Kier alpha value is -1.26. The minimum Gasteiger partial charge on any atom is -0.497 e. The molecule has 0 bridgehead atoms. The highest BCUT2D eigenvalue weighted by molar-refractivity contribution is 5.42. The average Bonchev–Trinajstić information content (AvgIpc) is 2.93. The van der Waals surface area contributed by atoms with Crippen LogP contribution in [-0.2, 0) is 0 Å². The van der Waals surface area contributed by atoms with E-state index in [4.69, 9.17) is 9.47 Å². The molecule has 20 heavy (non-hydrogen) atoms. The van der Waals surface area contributed by atoms with E-state index in [1.54, 1.807) is 14.2 Å². The Balaban J connectivity index is 2.10. The van der Waals surface area contributed by atoms with Gasteiger partial charge in [0.15, 0.2) is 0 Å². The molecule has 0 spiro atoms. The lowest BCUT2D eigenvalue weighted by Gasteiger charge is -2.26. The maximum absolute atomic E-state index is 10.5. The second kappa shape index (κ2) is 6.95. The van der Waals surface area contributed by atoms with Crippen molar-refractivity contribution in [3.05, 3.63) is 23.8 Å². The van der Waals surface area contributed by atoms with Crippen molar-refractivity contribution in [2.24, 2.45) is 0 Å². The quantitative estimate of drug-likeness (QED) is 0.869. The zero-order valence-electron chi connectivity index (χ0n) is 12.6. The van der Waals surface area contributed by atoms with Gasteiger partial charge < -0.3 is 14.6 Å². The molecule has 0 saturated carbocycles. The Morgan fingerprint density at radius 3 is 2.80 bits per heavy atom. The van der Waals surface area contributed by atoms with Crippen molar-refractivity contribution in [3.8, 4) is 11.5 Å². The molecule has 0 radical (unpaired) electrons. The first-order valence-corrected chi connectivity index (χ1v) is 7.33. The number of nitrogens with zero attached hydrogens (tertiary/aromatic N) is 1. The summed E-state index contributed by atoms with van der Waals surface area (Å²) in [6.07, 6.45) is 3.09. The first-order valence-electron chi connectivity index (χ1n) is 7.33. The van der Waals surface area contributed by atoms with Crippen LogP contribution in [0.1, 0.15) is 37.9 Å². The third-order valence-corrected chi connectivity index (χ3v) is 4.18. The second-order valence-electron chi connectivity index (χ2n) is 5.32. The molecule has 1 N–H and O–H groups in total. The number of hydrogen-bond donors (Lipinski definition) is 1. The van der Waals surface area contributed by atoms with E-state index in [2.05, 4.69) is 11.8 Å². The van der Waals surface area contributed by atoms with Gasteiger partial charge in [-0.1, -0.05) is 6.92 Å². The lowest BCUT2D eigenvalue weighted by atomic mass is 10.1. The molecule has 112 valence electrons. The minimum absolute atomic E-state index is 0.525. The molecular weight excluding hydrogens is 254 g/mol. The molecule has 1 fully saturated rings. The van der Waals surface area contributed by atoms with Crippen LogP contribution < -0.4 is 9.47 Å². The molecule has 1 aliphatic rings. The van der Waals surface area contributed by atoms with Crippen molar-refractivity contribution in [2.75, 3.05) is 27.3 Å². The van der Waals surface area contributed by atoms with Crippen molar-refractivity contribution >= 4 is 0 Å². The van der Waals surface area contributed by atoms with Crippen LogP contribution in [-0.4, -0.2) is 43.4 Å². The smallest absolute Gasteiger partial charge is 0.128 e. The average molecular weight is 279 g/mol. The third-order valence-electron chi connectivity index (χ3n) is 4.18. The van der Waals surface area contributed by atoms with Gasteiger partial charge in [-0.15, -0.1) is 0 Å². The van der Waals surface area contributed by atoms with E-state index >= 15 is 0 Å². The van der Waals surface area contributed by atoms with Gasteiger partial charge in [-0.2, -0.15) is 0 Å². The first-order chi connectivity index (χ1) is 9.69. The van der Waals surface area contributed by atoms with Crippen molar-refractivity contribution < 1.29 is 14.6 Å². The predicted molar refractivity (Wildman–Crippen MR) is 79.4 cm³/mol. The molecule has 2 atom stereocenters. The monoisotopic (exact) mass is 279 g/mol. The fourth-order valence-corrected chi connectivity index (χ4v) is 3.01. The number of hydrogen-bond acceptors (Lipinski definition) is 4. The van der Waals surface area contributed by atoms with Gasteiger partial charge in [0, 0.05) is 24.2 Å². The van der Waals surface area contributed by atoms with Crippen LogP contribution >= 0.6 is 0 Å². The SMILES string of the molecule is CCC1CCCN1CC(O)c1ccc(OC)cc1OC. The van der Waals surface area contributed by atoms with Crippen LogP contribution in [0.15, 0.2) is 18.2 Å². The number of β-amino-alcohol motifs (C(OH)–C–C–N with tert-alkyl or cyclic N) is 1. The van der Waals surface area contributed by atoms with Gasteiger partial charge in [0.1, 0.15) is 11.5 Å². The number of likely N-dealkylation sites (tertiary alicyclic amines) is 1. The summed E-state index contributed by atoms with van der Waals surface area (Å²) in [6, 6.07) is 6.18. The second-order valence-corrected chi connectivity index (χ2v) is 5.32. The number of aliphatic hydroxyl groups excluding tert-OH is 1. The minimum atomic E-state index is -0.525. The topological polar surface area (TPSA) is 41.9 Å². The van der Waals surface area contributed by atoms with E-state index in [0.717, 1.165) is 24.3 Å². The van der Waals surface area contributed by atoms with Gasteiger partial charge in [0.2, 0.25) is 0 Å². The Morgan fingerprint density at radius 1 is 1.35 bits per heavy atom. The fourth-order valence-electron chi connectivity index (χ4n) is 3.01. The summed E-state index contributed by atoms with van der Waals surface area (Å²) in [5.74, 6) is 1.43. The van der Waals surface area contributed by atoms with Gasteiger partial charge >= 0.3 is 0 Å². The van der Waals surface area contributed by atoms with Gasteiger partial charge in [-0.25, -0.2) is 0 Å². The highest BCUT2D eigenvalue weighted by Gasteiger charge is 2.26. The molecule has 1 aliphatic heterocycles. The van der Waals surface area contributed by atoms with E-state index in [1.165, 1.54) is 12.8 Å². The summed E-state index contributed by atoms with van der Waals surface area (Å²) in [7, 11) is 3.25. The van der Waals surface area contributed by atoms with Gasteiger partial charge in [0.05, 0.1) is 20.3 Å². The number of ether oxygens (including phenoxy) is 2. The molecule has 0 amide bonds. The molecule has 1 aromatic rings. The van der Waals surface area contributed by atoms with Gasteiger partial charge in [-0.3, -0.25) is 4.90 Å². The first kappa shape index (κ1) is 15.1. The summed E-state index contributed by atoms with van der Waals surface area (Å²) in [5.41, 5.74) is 0.829. The highest BCUT2D eigenvalue weighted by atomic mass is 16.5. The summed E-state index contributed by atoms with van der Waals surface area (Å²) in [5, 5.41) is 10.5. The maximum atomic E-state index is 10.5. The molecule has 1 saturated heterocycles. The molecule has 1 aromatic carbocycles. The third kappa shape index (κ3) is 3.25. The Labute approximate surface area is 121 Å². The molecule has 4 heteroatoms. The van der Waals surface area contributed by atoms with E-state index in [9.17, 15) is 5.11 Å². The lowest BCUT2D eigenvalue weighted by molar-refractivity contribution is 0.103. The lowest BCUT2D eigenvalue weighted by Crippen LogP contribution is -2.33. The van der Waals surface area contributed by atoms with Gasteiger partial charge in [-0.05, 0) is 37.9 Å². The van der Waals surface area contributed by atoms with E-state index in [0.29, 0.717) is 18.3 Å². The van der Waals surface area contributed by atoms with Crippen LogP contribution in [0.2, 0.25) is 0 Å². The van der Waals surface area contributed by atoms with Crippen LogP contribution in [0.3, 0.4) is 0 Å². The van der Waals surface area contributed by atoms with Gasteiger partial charge in [0.25, 0.3) is 0 Å². The van der Waals surface area contributed by atoms with Crippen LogP contribution in [0, 0.1) is 0 Å². The number of rotatable bonds is 6. The van der Waals surface area contributed by atoms with Crippen molar-refractivity contribution in [1.82, 2.24) is 4.90 Å². The normalized spacial score (nSPS) is 20.9. The molecular formula is C16H25NO3. The Morgan fingerprint density at radius 2 is 2.15 bits per heavy atom. The summed E-state index contributed by atoms with van der Waals surface area (Å²) >= 11 is 0. The number of benzene rings is 1. The predicted octanol–water partition coefficient (Wildman–Crippen LogP) is 2.61. The molecule has 4 nitrogen and oxygen atoms in total. The highest BCUT2D eigenvalue weighted by Crippen LogP contribution is 2.31.